The van der Waals surface area contributed by atoms with Crippen molar-refractivity contribution in [1.29, 1.82) is 0 Å². The number of carbonyl (C=O) groups excluding carboxylic acids is 1. The number of rotatable bonds is 4. The number of amides is 1. The number of hydrogen-bond donors (Lipinski definition) is 0. The van der Waals surface area contributed by atoms with E-state index in [1.165, 1.54) is 6.33 Å². The van der Waals surface area contributed by atoms with E-state index in [0.717, 1.165) is 23.4 Å². The minimum atomic E-state index is 0.0169. The molecule has 3 aromatic rings. The van der Waals surface area contributed by atoms with Gasteiger partial charge in [-0.15, -0.1) is 11.3 Å². The molecule has 0 atom stereocenters. The lowest BCUT2D eigenvalue weighted by molar-refractivity contribution is 0.0578. The van der Waals surface area contributed by atoms with E-state index in [2.05, 4.69) is 15.1 Å². The van der Waals surface area contributed by atoms with Crippen molar-refractivity contribution >= 4 is 17.2 Å². The van der Waals surface area contributed by atoms with Crippen molar-refractivity contribution in [2.24, 2.45) is 7.05 Å². The molecule has 1 aliphatic heterocycles. The van der Waals surface area contributed by atoms with Crippen molar-refractivity contribution in [2.75, 3.05) is 13.1 Å². The number of piperidine rings is 1. The number of nitrogens with zero attached hydrogens (tertiary/aromatic N) is 5. The zero-order valence-corrected chi connectivity index (χ0v) is 15.2. The molecular weight excluding hydrogens is 350 g/mol. The van der Waals surface area contributed by atoms with Gasteiger partial charge in [0.15, 0.2) is 0 Å². The molecule has 1 aliphatic rings. The summed E-state index contributed by atoms with van der Waals surface area (Å²) in [5.41, 5.74) is 1.45. The second kappa shape index (κ2) is 7.25. The molecule has 7 nitrogen and oxygen atoms in total. The van der Waals surface area contributed by atoms with Crippen molar-refractivity contribution in [3.8, 4) is 16.5 Å². The van der Waals surface area contributed by atoms with Crippen LogP contribution in [0.15, 0.2) is 42.2 Å². The maximum Gasteiger partial charge on any atom is 0.272 e. The first-order chi connectivity index (χ1) is 12.7. The van der Waals surface area contributed by atoms with Gasteiger partial charge in [0, 0.05) is 45.2 Å². The van der Waals surface area contributed by atoms with Gasteiger partial charge in [-0.1, -0.05) is 6.07 Å². The first kappa shape index (κ1) is 16.7. The fourth-order valence-electron chi connectivity index (χ4n) is 3.07. The highest BCUT2D eigenvalue weighted by atomic mass is 32.1. The average Bonchev–Trinajstić information content (AvgIpc) is 3.32. The zero-order chi connectivity index (χ0) is 17.9. The predicted molar refractivity (Wildman–Crippen MR) is 98.1 cm³/mol. The molecule has 0 N–H and O–H groups in total. The van der Waals surface area contributed by atoms with Crippen molar-refractivity contribution in [1.82, 2.24) is 24.6 Å². The third kappa shape index (κ3) is 3.45. The van der Waals surface area contributed by atoms with E-state index in [1.807, 2.05) is 35.5 Å². The summed E-state index contributed by atoms with van der Waals surface area (Å²) < 4.78 is 7.53. The van der Waals surface area contributed by atoms with Crippen LogP contribution in [-0.2, 0) is 7.05 Å². The van der Waals surface area contributed by atoms with Crippen LogP contribution in [-0.4, -0.2) is 49.7 Å². The van der Waals surface area contributed by atoms with Gasteiger partial charge in [-0.05, 0) is 17.5 Å². The molecule has 1 saturated heterocycles. The van der Waals surface area contributed by atoms with Crippen molar-refractivity contribution in [3.05, 3.63) is 47.9 Å². The molecule has 0 aromatic carbocycles. The Morgan fingerprint density at radius 2 is 2.15 bits per heavy atom. The zero-order valence-electron chi connectivity index (χ0n) is 14.4. The molecule has 4 rings (SSSR count). The summed E-state index contributed by atoms with van der Waals surface area (Å²) in [6, 6.07) is 7.62. The van der Waals surface area contributed by atoms with E-state index in [9.17, 15) is 4.79 Å². The molecule has 26 heavy (non-hydrogen) atoms. The highest BCUT2D eigenvalue weighted by Gasteiger charge is 2.27. The molecule has 8 heteroatoms. The first-order valence-electron chi connectivity index (χ1n) is 8.50. The minimum absolute atomic E-state index is 0.0169. The van der Waals surface area contributed by atoms with Crippen molar-refractivity contribution < 1.29 is 9.53 Å². The summed E-state index contributed by atoms with van der Waals surface area (Å²) in [5, 5.41) is 6.49. The molecule has 134 valence electrons. The summed E-state index contributed by atoms with van der Waals surface area (Å²) in [6.07, 6.45) is 4.77. The molecule has 0 unspecified atom stereocenters. The van der Waals surface area contributed by atoms with Gasteiger partial charge >= 0.3 is 0 Å². The molecule has 4 heterocycles. The van der Waals surface area contributed by atoms with Gasteiger partial charge in [-0.3, -0.25) is 9.48 Å². The maximum absolute atomic E-state index is 12.9. The quantitative estimate of drug-likeness (QED) is 0.707. The normalized spacial score (nSPS) is 15.2. The van der Waals surface area contributed by atoms with E-state index >= 15 is 0 Å². The van der Waals surface area contributed by atoms with Crippen LogP contribution in [0.4, 0.5) is 0 Å². The van der Waals surface area contributed by atoms with Crippen LogP contribution in [0.25, 0.3) is 10.6 Å². The lowest BCUT2D eigenvalue weighted by Gasteiger charge is -2.31. The second-order valence-corrected chi connectivity index (χ2v) is 7.12. The summed E-state index contributed by atoms with van der Waals surface area (Å²) in [5.74, 6) is 0.597. The van der Waals surface area contributed by atoms with Crippen LogP contribution in [0, 0.1) is 0 Å². The molecular formula is C18H19N5O2S. The van der Waals surface area contributed by atoms with Gasteiger partial charge in [-0.2, -0.15) is 5.10 Å². The van der Waals surface area contributed by atoms with Gasteiger partial charge in [0.05, 0.1) is 4.88 Å². The van der Waals surface area contributed by atoms with Crippen LogP contribution in [0.5, 0.6) is 5.88 Å². The van der Waals surface area contributed by atoms with E-state index < -0.39 is 0 Å². The third-order valence-corrected chi connectivity index (χ3v) is 5.34. The highest BCUT2D eigenvalue weighted by molar-refractivity contribution is 7.13. The fourth-order valence-corrected chi connectivity index (χ4v) is 3.75. The number of aromatic nitrogens is 4. The van der Waals surface area contributed by atoms with Crippen LogP contribution in [0.2, 0.25) is 0 Å². The van der Waals surface area contributed by atoms with Crippen molar-refractivity contribution in [3.63, 3.8) is 0 Å². The Kier molecular flexibility index (Phi) is 4.66. The van der Waals surface area contributed by atoms with Gasteiger partial charge in [-0.25, -0.2) is 9.97 Å². The van der Waals surface area contributed by atoms with E-state index in [-0.39, 0.29) is 12.0 Å². The average molecular weight is 369 g/mol. The topological polar surface area (TPSA) is 73.1 Å². The number of thiophene rings is 1. The van der Waals surface area contributed by atoms with Crippen molar-refractivity contribution in [2.45, 2.75) is 18.9 Å². The Balaban J connectivity index is 1.39. The molecule has 0 bridgehead atoms. The molecule has 1 fully saturated rings. The van der Waals surface area contributed by atoms with Crippen LogP contribution < -0.4 is 4.74 Å². The fraction of sp³-hybridized carbons (Fsp3) is 0.333. The predicted octanol–water partition coefficient (Wildman–Crippen LogP) is 2.62. The summed E-state index contributed by atoms with van der Waals surface area (Å²) >= 11 is 1.62. The smallest absolute Gasteiger partial charge is 0.272 e. The minimum Gasteiger partial charge on any atom is -0.474 e. The largest absolute Gasteiger partial charge is 0.474 e. The van der Waals surface area contributed by atoms with Gasteiger partial charge in [0.2, 0.25) is 5.88 Å². The molecule has 0 radical (unpaired) electrons. The number of carbonyl (C=O) groups is 1. The Morgan fingerprint density at radius 3 is 2.85 bits per heavy atom. The van der Waals surface area contributed by atoms with E-state index in [0.29, 0.717) is 24.7 Å². The van der Waals surface area contributed by atoms with Crippen LogP contribution in [0.3, 0.4) is 0 Å². The van der Waals surface area contributed by atoms with Gasteiger partial charge in [0.25, 0.3) is 5.91 Å². The number of ether oxygens (including phenoxy) is 1. The molecule has 0 saturated carbocycles. The lowest BCUT2D eigenvalue weighted by Crippen LogP contribution is -2.42. The van der Waals surface area contributed by atoms with Crippen LogP contribution in [0.1, 0.15) is 23.3 Å². The molecule has 3 aromatic heterocycles. The maximum atomic E-state index is 12.9. The molecule has 1 amide bonds. The highest BCUT2D eigenvalue weighted by Crippen LogP contribution is 2.25. The standard InChI is InChI=1S/C18H19N5O2S/c1-22-15(11-14(21-22)16-3-2-10-26-16)18(24)23-8-5-13(6-9-23)25-17-4-7-19-12-20-17/h2-4,7,10-13H,5-6,8-9H2,1H3. The van der Waals surface area contributed by atoms with E-state index in [4.69, 9.17) is 4.74 Å². The van der Waals surface area contributed by atoms with Crippen LogP contribution >= 0.6 is 11.3 Å². The monoisotopic (exact) mass is 369 g/mol. The Labute approximate surface area is 155 Å². The Hall–Kier alpha value is -2.74. The Morgan fingerprint density at radius 1 is 1.31 bits per heavy atom. The van der Waals surface area contributed by atoms with Gasteiger partial charge < -0.3 is 9.64 Å². The Bertz CT molecular complexity index is 870. The second-order valence-electron chi connectivity index (χ2n) is 6.17. The number of aryl methyl sites for hydroxylation is 1. The number of likely N-dealkylation sites (tertiary alicyclic amines) is 1. The molecule has 0 aliphatic carbocycles. The SMILES string of the molecule is Cn1nc(-c2cccs2)cc1C(=O)N1CCC(Oc2ccncn2)CC1. The summed E-state index contributed by atoms with van der Waals surface area (Å²) in [4.78, 5) is 23.8. The number of hydrogen-bond acceptors (Lipinski definition) is 6. The lowest BCUT2D eigenvalue weighted by atomic mass is 10.1. The molecule has 0 spiro atoms. The van der Waals surface area contributed by atoms with Gasteiger partial charge in [0.1, 0.15) is 23.8 Å². The summed E-state index contributed by atoms with van der Waals surface area (Å²) in [7, 11) is 1.81. The first-order valence-corrected chi connectivity index (χ1v) is 9.38. The van der Waals surface area contributed by atoms with E-state index in [1.54, 1.807) is 28.3 Å². The summed E-state index contributed by atoms with van der Waals surface area (Å²) in [6.45, 7) is 1.32. The third-order valence-electron chi connectivity index (χ3n) is 4.44.